The minimum atomic E-state index is -0.273. The molecule has 1 fully saturated rings. The largest absolute Gasteiger partial charge is 0.508 e. The molecule has 0 aliphatic heterocycles. The summed E-state index contributed by atoms with van der Waals surface area (Å²) in [5.41, 5.74) is 0.773. The normalized spacial score (nSPS) is 24.8. The molecule has 3 nitrogen and oxygen atoms in total. The number of nitrogens with one attached hydrogen (secondary N) is 1. The van der Waals surface area contributed by atoms with E-state index in [9.17, 15) is 10.2 Å². The van der Waals surface area contributed by atoms with Crippen LogP contribution < -0.4 is 5.32 Å². The van der Waals surface area contributed by atoms with Crippen LogP contribution in [0.25, 0.3) is 0 Å². The average molecular weight is 256 g/mol. The number of rotatable bonds is 3. The first-order valence-corrected chi connectivity index (χ1v) is 6.43. The van der Waals surface area contributed by atoms with Gasteiger partial charge in [-0.3, -0.25) is 0 Å². The Kier molecular flexibility index (Phi) is 4.26. The van der Waals surface area contributed by atoms with Gasteiger partial charge in [-0.1, -0.05) is 24.4 Å². The van der Waals surface area contributed by atoms with Crippen molar-refractivity contribution in [2.75, 3.05) is 0 Å². The summed E-state index contributed by atoms with van der Waals surface area (Å²) in [4.78, 5) is 0. The smallest absolute Gasteiger partial charge is 0.120 e. The number of phenols is 1. The quantitative estimate of drug-likeness (QED) is 0.778. The Hall–Kier alpha value is -0.770. The van der Waals surface area contributed by atoms with Crippen LogP contribution in [0.1, 0.15) is 31.2 Å². The fourth-order valence-electron chi connectivity index (χ4n) is 2.29. The predicted octanol–water partition coefficient (Wildman–Crippen LogP) is 2.44. The molecule has 1 aromatic carbocycles. The monoisotopic (exact) mass is 255 g/mol. The first-order chi connectivity index (χ1) is 8.16. The second-order valence-corrected chi connectivity index (χ2v) is 5.05. The van der Waals surface area contributed by atoms with E-state index in [0.29, 0.717) is 11.6 Å². The molecule has 2 atom stereocenters. The maximum absolute atomic E-state index is 9.82. The van der Waals surface area contributed by atoms with E-state index in [1.54, 1.807) is 18.2 Å². The van der Waals surface area contributed by atoms with Crippen LogP contribution in [0.15, 0.2) is 18.2 Å². The van der Waals surface area contributed by atoms with Crippen LogP contribution in [-0.4, -0.2) is 22.4 Å². The Balaban J connectivity index is 1.94. The van der Waals surface area contributed by atoms with Crippen molar-refractivity contribution in [3.63, 3.8) is 0 Å². The van der Waals surface area contributed by atoms with E-state index in [2.05, 4.69) is 5.32 Å². The standard InChI is InChI=1S/C13H18ClNO2/c14-10-5-6-12(16)9(7-10)8-15-11-3-1-2-4-13(11)17/h5-7,11,13,15-17H,1-4,8H2. The number of aliphatic hydroxyl groups excluding tert-OH is 1. The van der Waals surface area contributed by atoms with Crippen molar-refractivity contribution in [3.05, 3.63) is 28.8 Å². The molecule has 2 rings (SSSR count). The van der Waals surface area contributed by atoms with Gasteiger partial charge < -0.3 is 15.5 Å². The molecule has 94 valence electrons. The van der Waals surface area contributed by atoms with Gasteiger partial charge in [-0.25, -0.2) is 0 Å². The van der Waals surface area contributed by atoms with E-state index >= 15 is 0 Å². The van der Waals surface area contributed by atoms with Gasteiger partial charge in [-0.15, -0.1) is 0 Å². The van der Waals surface area contributed by atoms with Gasteiger partial charge in [0.1, 0.15) is 5.75 Å². The number of phenolic OH excluding ortho intramolecular Hbond substituents is 1. The molecule has 0 bridgehead atoms. The highest BCUT2D eigenvalue weighted by Crippen LogP contribution is 2.23. The molecular weight excluding hydrogens is 238 g/mol. The molecule has 4 heteroatoms. The van der Waals surface area contributed by atoms with Crippen LogP contribution in [0.4, 0.5) is 0 Å². The first kappa shape index (κ1) is 12.7. The molecule has 3 N–H and O–H groups in total. The lowest BCUT2D eigenvalue weighted by Gasteiger charge is -2.28. The Morgan fingerprint density at radius 3 is 2.82 bits per heavy atom. The molecule has 0 amide bonds. The topological polar surface area (TPSA) is 52.5 Å². The molecule has 1 aromatic rings. The third-order valence-electron chi connectivity index (χ3n) is 3.33. The Morgan fingerprint density at radius 2 is 2.06 bits per heavy atom. The lowest BCUT2D eigenvalue weighted by molar-refractivity contribution is 0.0901. The van der Waals surface area contributed by atoms with Crippen molar-refractivity contribution >= 4 is 11.6 Å². The van der Waals surface area contributed by atoms with Crippen LogP contribution in [0.5, 0.6) is 5.75 Å². The van der Waals surface area contributed by atoms with Gasteiger partial charge in [0, 0.05) is 23.2 Å². The number of benzene rings is 1. The highest BCUT2D eigenvalue weighted by molar-refractivity contribution is 6.30. The molecule has 0 spiro atoms. The number of hydrogen-bond donors (Lipinski definition) is 3. The van der Waals surface area contributed by atoms with Crippen molar-refractivity contribution in [3.8, 4) is 5.75 Å². The van der Waals surface area contributed by atoms with Gasteiger partial charge in [0.2, 0.25) is 0 Å². The summed E-state index contributed by atoms with van der Waals surface area (Å²) in [6.07, 6.45) is 3.82. The third-order valence-corrected chi connectivity index (χ3v) is 3.56. The van der Waals surface area contributed by atoms with Crippen molar-refractivity contribution in [2.24, 2.45) is 0 Å². The molecule has 0 saturated heterocycles. The molecular formula is C13H18ClNO2. The van der Waals surface area contributed by atoms with E-state index in [4.69, 9.17) is 11.6 Å². The van der Waals surface area contributed by atoms with Gasteiger partial charge in [0.25, 0.3) is 0 Å². The van der Waals surface area contributed by atoms with Crippen molar-refractivity contribution in [1.82, 2.24) is 5.32 Å². The third kappa shape index (κ3) is 3.35. The summed E-state index contributed by atoms with van der Waals surface area (Å²) in [5.74, 6) is 0.243. The van der Waals surface area contributed by atoms with Crippen LogP contribution in [0.2, 0.25) is 5.02 Å². The molecule has 0 radical (unpaired) electrons. The van der Waals surface area contributed by atoms with Gasteiger partial charge in [0.05, 0.1) is 6.10 Å². The lowest BCUT2D eigenvalue weighted by Crippen LogP contribution is -2.41. The van der Waals surface area contributed by atoms with Gasteiger partial charge in [0.15, 0.2) is 0 Å². The highest BCUT2D eigenvalue weighted by Gasteiger charge is 2.22. The molecule has 2 unspecified atom stereocenters. The highest BCUT2D eigenvalue weighted by atomic mass is 35.5. The summed E-state index contributed by atoms with van der Waals surface area (Å²) >= 11 is 5.88. The Labute approximate surface area is 106 Å². The second kappa shape index (κ2) is 5.71. The summed E-state index contributed by atoms with van der Waals surface area (Å²) in [6, 6.07) is 5.13. The van der Waals surface area contributed by atoms with Crippen molar-refractivity contribution in [2.45, 2.75) is 44.4 Å². The van der Waals surface area contributed by atoms with Crippen molar-refractivity contribution < 1.29 is 10.2 Å². The van der Waals surface area contributed by atoms with Crippen LogP contribution in [-0.2, 0) is 6.54 Å². The van der Waals surface area contributed by atoms with E-state index < -0.39 is 0 Å². The minimum absolute atomic E-state index is 0.127. The maximum atomic E-state index is 9.82. The van der Waals surface area contributed by atoms with Gasteiger partial charge in [-0.2, -0.15) is 0 Å². The first-order valence-electron chi connectivity index (χ1n) is 6.05. The Bertz CT molecular complexity index is 384. The molecule has 1 aliphatic carbocycles. The number of hydrogen-bond acceptors (Lipinski definition) is 3. The van der Waals surface area contributed by atoms with Gasteiger partial charge >= 0.3 is 0 Å². The SMILES string of the molecule is Oc1ccc(Cl)cc1CNC1CCCCC1O. The van der Waals surface area contributed by atoms with E-state index in [0.717, 1.165) is 31.2 Å². The van der Waals surface area contributed by atoms with E-state index in [-0.39, 0.29) is 17.9 Å². The van der Waals surface area contributed by atoms with Crippen LogP contribution >= 0.6 is 11.6 Å². The predicted molar refractivity (Wildman–Crippen MR) is 68.2 cm³/mol. The summed E-state index contributed by atoms with van der Waals surface area (Å²) in [7, 11) is 0. The van der Waals surface area contributed by atoms with E-state index in [1.807, 2.05) is 0 Å². The number of halogens is 1. The van der Waals surface area contributed by atoms with Crippen LogP contribution in [0.3, 0.4) is 0 Å². The summed E-state index contributed by atoms with van der Waals surface area (Å²) in [6.45, 7) is 0.536. The molecule has 17 heavy (non-hydrogen) atoms. The molecule has 0 heterocycles. The zero-order valence-corrected chi connectivity index (χ0v) is 10.5. The van der Waals surface area contributed by atoms with Crippen LogP contribution in [0, 0.1) is 0 Å². The number of aromatic hydroxyl groups is 1. The Morgan fingerprint density at radius 1 is 1.29 bits per heavy atom. The average Bonchev–Trinajstić information content (AvgIpc) is 2.32. The van der Waals surface area contributed by atoms with E-state index in [1.165, 1.54) is 0 Å². The summed E-state index contributed by atoms with van der Waals surface area (Å²) < 4.78 is 0. The maximum Gasteiger partial charge on any atom is 0.120 e. The zero-order chi connectivity index (χ0) is 12.3. The number of aliphatic hydroxyl groups is 1. The summed E-state index contributed by atoms with van der Waals surface area (Å²) in [5, 5.41) is 23.4. The second-order valence-electron chi connectivity index (χ2n) is 4.61. The minimum Gasteiger partial charge on any atom is -0.508 e. The lowest BCUT2D eigenvalue weighted by atomic mass is 9.92. The molecule has 0 aromatic heterocycles. The zero-order valence-electron chi connectivity index (χ0n) is 9.69. The molecule has 1 aliphatic rings. The van der Waals surface area contributed by atoms with Crippen molar-refractivity contribution in [1.29, 1.82) is 0 Å². The fourth-order valence-corrected chi connectivity index (χ4v) is 2.48. The fraction of sp³-hybridized carbons (Fsp3) is 0.538. The van der Waals surface area contributed by atoms with Gasteiger partial charge in [-0.05, 0) is 31.0 Å². The molecule has 1 saturated carbocycles.